The van der Waals surface area contributed by atoms with Gasteiger partial charge in [0.15, 0.2) is 6.29 Å². The molecule has 596 valence electrons. The summed E-state index contributed by atoms with van der Waals surface area (Å²) in [4.78, 5) is 25.3. The first-order valence-electron chi connectivity index (χ1n) is 44.8. The molecule has 101 heavy (non-hydrogen) atoms. The fourth-order valence-corrected chi connectivity index (χ4v) is 14.5. The van der Waals surface area contributed by atoms with Crippen molar-refractivity contribution in [1.82, 2.24) is 5.32 Å². The molecule has 0 aromatic rings. The lowest BCUT2D eigenvalue weighted by atomic mass is 9.99. The predicted molar refractivity (Wildman–Crippen MR) is 431 cm³/mol. The maximum Gasteiger partial charge on any atom is 0.305 e. The summed E-state index contributed by atoms with van der Waals surface area (Å²) in [5, 5.41) is 54.7. The Labute approximate surface area is 625 Å². The Morgan fingerprint density at radius 3 is 1.02 bits per heavy atom. The number of unbranched alkanes of at least 4 members (excludes halogenated alkanes) is 63. The second-order valence-electron chi connectivity index (χ2n) is 31.3. The van der Waals surface area contributed by atoms with E-state index in [-0.39, 0.29) is 18.5 Å². The minimum absolute atomic E-state index is 0.0155. The Morgan fingerprint density at radius 1 is 0.366 bits per heavy atom. The first-order chi connectivity index (χ1) is 49.7. The molecule has 1 fully saturated rings. The molecule has 0 radical (unpaired) electrons. The fourth-order valence-electron chi connectivity index (χ4n) is 14.5. The zero-order valence-corrected chi connectivity index (χ0v) is 66.9. The van der Waals surface area contributed by atoms with Gasteiger partial charge < -0.3 is 45.1 Å². The van der Waals surface area contributed by atoms with E-state index in [0.29, 0.717) is 19.4 Å². The van der Waals surface area contributed by atoms with Gasteiger partial charge in [-0.05, 0) is 64.2 Å². The lowest BCUT2D eigenvalue weighted by molar-refractivity contribution is -0.302. The number of esters is 1. The van der Waals surface area contributed by atoms with Gasteiger partial charge in [-0.1, -0.05) is 423 Å². The first kappa shape index (κ1) is 96.9. The van der Waals surface area contributed by atoms with Crippen LogP contribution in [0, 0.1) is 0 Å². The van der Waals surface area contributed by atoms with Crippen molar-refractivity contribution in [3.63, 3.8) is 0 Å². The SMILES string of the molecule is CCCCC/C=C\C/C=C\CCCCCCCCCCCC(=O)OCCCCCCCCCCCCCCCCCCCCCCCCCCCCCCCCCCCCCCCCCC(=O)NC(COC1OC(CO)C(O)C(O)C1O)C(O)/C=C/CCCCCCCCCCCCCCC. The summed E-state index contributed by atoms with van der Waals surface area (Å²) >= 11 is 0. The van der Waals surface area contributed by atoms with Crippen LogP contribution in [-0.2, 0) is 23.8 Å². The minimum atomic E-state index is -1.57. The summed E-state index contributed by atoms with van der Waals surface area (Å²) in [6.45, 7) is 4.39. The van der Waals surface area contributed by atoms with Gasteiger partial charge in [-0.15, -0.1) is 0 Å². The standard InChI is InChI=1S/C90H171NO10/c1-3-5-7-9-11-13-15-17-19-20-42-46-50-54-58-62-66-70-74-78-86(95)99-79-75-71-67-63-59-55-51-47-44-41-39-37-35-33-31-29-27-25-23-21-22-24-26-28-30-32-34-36-38-40-43-45-49-53-57-61-65-69-73-77-85(94)91-82(81-100-90-89(98)88(97)87(96)84(80-92)101-90)83(93)76-72-68-64-60-56-52-48-18-16-14-12-10-8-6-4-2/h11,13,17,19,72,76,82-84,87-90,92-93,96-98H,3-10,12,14-16,18,20-71,73-75,77-81H2,1-2H3,(H,91,94)/b13-11-,19-17-,76-72+. The molecule has 1 amide bonds. The van der Waals surface area contributed by atoms with E-state index in [1.54, 1.807) is 6.08 Å². The summed E-state index contributed by atoms with van der Waals surface area (Å²) in [5.41, 5.74) is 0. The van der Waals surface area contributed by atoms with Crippen LogP contribution < -0.4 is 5.32 Å². The van der Waals surface area contributed by atoms with Gasteiger partial charge in [-0.2, -0.15) is 0 Å². The second kappa shape index (κ2) is 78.9. The van der Waals surface area contributed by atoms with Crippen LogP contribution in [0.25, 0.3) is 0 Å². The molecule has 0 saturated carbocycles. The molecule has 0 bridgehead atoms. The molecule has 6 N–H and O–H groups in total. The summed E-state index contributed by atoms with van der Waals surface area (Å²) in [6, 6.07) is -0.806. The molecule has 0 aromatic carbocycles. The van der Waals surface area contributed by atoms with Gasteiger partial charge in [0.2, 0.25) is 5.91 Å². The number of hydrogen-bond acceptors (Lipinski definition) is 10. The number of ether oxygens (including phenoxy) is 3. The molecular formula is C90H171NO10. The van der Waals surface area contributed by atoms with Crippen LogP contribution in [0.2, 0.25) is 0 Å². The van der Waals surface area contributed by atoms with Crippen LogP contribution in [0.3, 0.4) is 0 Å². The van der Waals surface area contributed by atoms with Crippen molar-refractivity contribution >= 4 is 11.9 Å². The molecule has 11 heteroatoms. The molecule has 7 atom stereocenters. The molecule has 1 rings (SSSR count). The fraction of sp³-hybridized carbons (Fsp3) is 0.911. The minimum Gasteiger partial charge on any atom is -0.466 e. The lowest BCUT2D eigenvalue weighted by Gasteiger charge is -2.40. The maximum absolute atomic E-state index is 13.1. The molecule has 0 aliphatic carbocycles. The Hall–Kier alpha value is -2.12. The van der Waals surface area contributed by atoms with Crippen LogP contribution in [-0.4, -0.2) is 100 Å². The van der Waals surface area contributed by atoms with Crippen LogP contribution in [0.5, 0.6) is 0 Å². The largest absolute Gasteiger partial charge is 0.466 e. The van der Waals surface area contributed by atoms with Crippen LogP contribution in [0.4, 0.5) is 0 Å². The monoisotopic (exact) mass is 1430 g/mol. The highest BCUT2D eigenvalue weighted by Crippen LogP contribution is 2.24. The lowest BCUT2D eigenvalue weighted by Crippen LogP contribution is -2.60. The average Bonchev–Trinajstić information content (AvgIpc) is 0.823. The number of rotatable bonds is 81. The second-order valence-corrected chi connectivity index (χ2v) is 31.3. The highest BCUT2D eigenvalue weighted by atomic mass is 16.7. The van der Waals surface area contributed by atoms with Crippen molar-refractivity contribution in [2.75, 3.05) is 19.8 Å². The van der Waals surface area contributed by atoms with Crippen LogP contribution >= 0.6 is 0 Å². The molecule has 0 spiro atoms. The van der Waals surface area contributed by atoms with Gasteiger partial charge >= 0.3 is 5.97 Å². The molecule has 1 aliphatic rings. The Morgan fingerprint density at radius 2 is 0.663 bits per heavy atom. The number of carbonyl (C=O) groups is 2. The van der Waals surface area contributed by atoms with E-state index < -0.39 is 49.5 Å². The van der Waals surface area contributed by atoms with Gasteiger partial charge in [0.05, 0.1) is 32.0 Å². The number of nitrogens with one attached hydrogen (secondary N) is 1. The molecule has 11 nitrogen and oxygen atoms in total. The Balaban J connectivity index is 1.85. The van der Waals surface area contributed by atoms with E-state index in [1.165, 1.54) is 372 Å². The zero-order chi connectivity index (χ0) is 72.9. The molecule has 0 aromatic heterocycles. The van der Waals surface area contributed by atoms with E-state index in [2.05, 4.69) is 43.5 Å². The van der Waals surface area contributed by atoms with E-state index >= 15 is 0 Å². The van der Waals surface area contributed by atoms with Crippen molar-refractivity contribution < 1.29 is 49.3 Å². The van der Waals surface area contributed by atoms with Crippen molar-refractivity contribution in [3.8, 4) is 0 Å². The molecule has 1 saturated heterocycles. The molecule has 1 heterocycles. The third-order valence-corrected chi connectivity index (χ3v) is 21.5. The van der Waals surface area contributed by atoms with E-state index in [4.69, 9.17) is 14.2 Å². The number of allylic oxidation sites excluding steroid dienone is 5. The summed E-state index contributed by atoms with van der Waals surface area (Å²) in [5.74, 6) is -0.156. The third kappa shape index (κ3) is 67.0. The molecule has 7 unspecified atom stereocenters. The zero-order valence-electron chi connectivity index (χ0n) is 66.9. The first-order valence-corrected chi connectivity index (χ1v) is 44.8. The quantitative estimate of drug-likeness (QED) is 0.0195. The smallest absolute Gasteiger partial charge is 0.305 e. The van der Waals surface area contributed by atoms with Gasteiger partial charge in [0, 0.05) is 12.8 Å². The highest BCUT2D eigenvalue weighted by molar-refractivity contribution is 5.76. The van der Waals surface area contributed by atoms with E-state index in [1.807, 2.05) is 6.08 Å². The Bertz CT molecular complexity index is 1770. The van der Waals surface area contributed by atoms with Crippen molar-refractivity contribution in [1.29, 1.82) is 0 Å². The summed E-state index contributed by atoms with van der Waals surface area (Å²) in [6.07, 6.45) is 94.9. The maximum atomic E-state index is 13.1. The van der Waals surface area contributed by atoms with Gasteiger partial charge in [0.1, 0.15) is 24.4 Å². The van der Waals surface area contributed by atoms with Crippen molar-refractivity contribution in [2.24, 2.45) is 0 Å². The number of amides is 1. The van der Waals surface area contributed by atoms with Crippen molar-refractivity contribution in [3.05, 3.63) is 36.5 Å². The molecule has 1 aliphatic heterocycles. The van der Waals surface area contributed by atoms with Crippen molar-refractivity contribution in [2.45, 2.75) is 506 Å². The average molecular weight is 1430 g/mol. The van der Waals surface area contributed by atoms with E-state index in [0.717, 1.165) is 64.2 Å². The van der Waals surface area contributed by atoms with Gasteiger partial charge in [-0.25, -0.2) is 0 Å². The van der Waals surface area contributed by atoms with Gasteiger partial charge in [0.25, 0.3) is 0 Å². The number of hydrogen-bond donors (Lipinski definition) is 6. The van der Waals surface area contributed by atoms with Crippen LogP contribution in [0.15, 0.2) is 36.5 Å². The topological polar surface area (TPSA) is 175 Å². The Kier molecular flexibility index (Phi) is 75.7. The number of aliphatic hydroxyl groups is 5. The normalized spacial score (nSPS) is 17.2. The van der Waals surface area contributed by atoms with Gasteiger partial charge in [-0.3, -0.25) is 9.59 Å². The highest BCUT2D eigenvalue weighted by Gasteiger charge is 2.44. The summed E-state index contributed by atoms with van der Waals surface area (Å²) in [7, 11) is 0. The molecular weight excluding hydrogens is 1250 g/mol. The van der Waals surface area contributed by atoms with E-state index in [9.17, 15) is 35.1 Å². The number of aliphatic hydroxyl groups excluding tert-OH is 5. The van der Waals surface area contributed by atoms with Crippen LogP contribution in [0.1, 0.15) is 463 Å². The summed E-state index contributed by atoms with van der Waals surface area (Å²) < 4.78 is 16.8. The number of carbonyl (C=O) groups excluding carboxylic acids is 2. The third-order valence-electron chi connectivity index (χ3n) is 21.5. The predicted octanol–water partition coefficient (Wildman–Crippen LogP) is 25.2.